The molecule has 1 heterocycles. The molecule has 1 fully saturated rings. The van der Waals surface area contributed by atoms with Crippen LogP contribution < -0.4 is 15.2 Å². The summed E-state index contributed by atoms with van der Waals surface area (Å²) in [5, 5.41) is 11.1. The Labute approximate surface area is 180 Å². The van der Waals surface area contributed by atoms with Crippen molar-refractivity contribution in [2.75, 3.05) is 19.7 Å². The number of nitrogens with two attached hydrogens (primary N) is 1. The summed E-state index contributed by atoms with van der Waals surface area (Å²) in [6.45, 7) is 3.12. The Morgan fingerprint density at radius 3 is 2.77 bits per heavy atom. The number of amides is 1. The van der Waals surface area contributed by atoms with Crippen LogP contribution in [0.5, 0.6) is 11.5 Å². The number of halogens is 2. The summed E-state index contributed by atoms with van der Waals surface area (Å²) < 4.78 is 25.1. The first kappa shape index (κ1) is 22.3. The number of carbonyl (C=O) groups is 1. The lowest BCUT2D eigenvalue weighted by molar-refractivity contribution is -0.117. The zero-order valence-corrected chi connectivity index (χ0v) is 17.5. The van der Waals surface area contributed by atoms with Crippen LogP contribution in [0.3, 0.4) is 0 Å². The molecule has 6 nitrogen and oxygen atoms in total. The van der Waals surface area contributed by atoms with E-state index >= 15 is 0 Å². The largest absolute Gasteiger partial charge is 0.490 e. The average Bonchev–Trinajstić information content (AvgIpc) is 3.02. The zero-order chi connectivity index (χ0) is 21.7. The van der Waals surface area contributed by atoms with Crippen LogP contribution in [0.2, 0.25) is 5.02 Å². The third-order valence-electron chi connectivity index (χ3n) is 5.05. The summed E-state index contributed by atoms with van der Waals surface area (Å²) >= 11 is 5.90. The van der Waals surface area contributed by atoms with Crippen molar-refractivity contribution in [1.29, 1.82) is 0 Å². The molecule has 0 radical (unpaired) electrons. The monoisotopic (exact) mass is 436 g/mol. The van der Waals surface area contributed by atoms with E-state index in [0.29, 0.717) is 23.7 Å². The van der Waals surface area contributed by atoms with E-state index in [-0.39, 0.29) is 30.9 Å². The Morgan fingerprint density at radius 2 is 2.07 bits per heavy atom. The molecule has 1 saturated heterocycles. The van der Waals surface area contributed by atoms with Crippen LogP contribution in [-0.2, 0) is 11.2 Å². The highest BCUT2D eigenvalue weighted by Gasteiger charge is 2.31. The van der Waals surface area contributed by atoms with Gasteiger partial charge < -0.3 is 20.3 Å². The molecule has 1 aliphatic rings. The Hall–Kier alpha value is -2.35. The van der Waals surface area contributed by atoms with Gasteiger partial charge in [-0.2, -0.15) is 0 Å². The van der Waals surface area contributed by atoms with E-state index in [2.05, 4.69) is 11.8 Å². The van der Waals surface area contributed by atoms with Crippen molar-refractivity contribution in [2.24, 2.45) is 5.73 Å². The average molecular weight is 437 g/mol. The van der Waals surface area contributed by atoms with Crippen LogP contribution in [0.25, 0.3) is 0 Å². The Morgan fingerprint density at radius 1 is 1.33 bits per heavy atom. The second-order valence-electron chi connectivity index (χ2n) is 7.59. The highest BCUT2D eigenvalue weighted by molar-refractivity contribution is 6.30. The van der Waals surface area contributed by atoms with Crippen molar-refractivity contribution in [3.63, 3.8) is 0 Å². The van der Waals surface area contributed by atoms with E-state index in [0.717, 1.165) is 12.2 Å². The number of aliphatic hydroxyl groups is 1. The van der Waals surface area contributed by atoms with Gasteiger partial charge >= 0.3 is 0 Å². The predicted molar refractivity (Wildman–Crippen MR) is 112 cm³/mol. The van der Waals surface area contributed by atoms with E-state index in [1.54, 1.807) is 12.1 Å². The number of carbonyl (C=O) groups excluding carboxylic acids is 1. The first-order valence-corrected chi connectivity index (χ1v) is 10.2. The fraction of sp³-hybridized carbons (Fsp3) is 0.409. The number of hydrogen-bond acceptors (Lipinski definition) is 5. The van der Waals surface area contributed by atoms with Gasteiger partial charge in [-0.3, -0.25) is 9.69 Å². The van der Waals surface area contributed by atoms with Gasteiger partial charge in [-0.25, -0.2) is 4.39 Å². The second kappa shape index (κ2) is 10.1. The maximum atomic E-state index is 13.5. The van der Waals surface area contributed by atoms with E-state index in [1.165, 1.54) is 18.2 Å². The number of hydrogen-bond donors (Lipinski definition) is 2. The van der Waals surface area contributed by atoms with Gasteiger partial charge in [-0.1, -0.05) is 17.7 Å². The second-order valence-corrected chi connectivity index (χ2v) is 8.03. The number of β-amino-alcohol motifs (C(OH)–C–C–N with tert-alkyl or cyclic N) is 1. The molecule has 3 rings (SSSR count). The molecule has 30 heavy (non-hydrogen) atoms. The van der Waals surface area contributed by atoms with Gasteiger partial charge in [0.15, 0.2) is 0 Å². The van der Waals surface area contributed by atoms with E-state index in [9.17, 15) is 14.3 Å². The molecule has 0 saturated carbocycles. The molecule has 0 aromatic heterocycles. The van der Waals surface area contributed by atoms with Gasteiger partial charge in [-0.15, -0.1) is 0 Å². The van der Waals surface area contributed by atoms with Crippen molar-refractivity contribution < 1.29 is 23.8 Å². The minimum atomic E-state index is -0.786. The smallest absolute Gasteiger partial charge is 0.221 e. The van der Waals surface area contributed by atoms with Crippen molar-refractivity contribution in [1.82, 2.24) is 4.90 Å². The summed E-state index contributed by atoms with van der Waals surface area (Å²) in [5.41, 5.74) is 5.71. The molecule has 0 spiro atoms. The van der Waals surface area contributed by atoms with Gasteiger partial charge in [0.2, 0.25) is 5.91 Å². The van der Waals surface area contributed by atoms with Crippen molar-refractivity contribution >= 4 is 17.5 Å². The number of likely N-dealkylation sites (tertiary alicyclic amines) is 1. The summed E-state index contributed by atoms with van der Waals surface area (Å²) in [7, 11) is 0. The summed E-state index contributed by atoms with van der Waals surface area (Å²) in [6, 6.07) is 11.4. The fourth-order valence-electron chi connectivity index (χ4n) is 3.60. The standard InChI is InChI=1S/C22H26ClFN2O4/c1-14-8-20(30-19-6-3-16(23)4-7-19)12-26(14)11-18(27)13-29-21-10-17(24)5-2-15(21)9-22(25)28/h2-7,10,14,18,20,27H,8-9,11-13H2,1H3,(H2,25,28)/t14-,18-,20-/m0/s1. The Bertz CT molecular complexity index is 865. The number of benzene rings is 2. The molecule has 162 valence electrons. The lowest BCUT2D eigenvalue weighted by Crippen LogP contribution is -2.38. The lowest BCUT2D eigenvalue weighted by Gasteiger charge is -2.24. The summed E-state index contributed by atoms with van der Waals surface area (Å²) in [6.07, 6.45) is 0.00709. The first-order chi connectivity index (χ1) is 14.3. The van der Waals surface area contributed by atoms with Gasteiger partial charge in [0.1, 0.15) is 36.1 Å². The highest BCUT2D eigenvalue weighted by Crippen LogP contribution is 2.25. The number of rotatable bonds is 9. The first-order valence-electron chi connectivity index (χ1n) is 9.84. The molecule has 3 N–H and O–H groups in total. The highest BCUT2D eigenvalue weighted by atomic mass is 35.5. The van der Waals surface area contributed by atoms with Crippen LogP contribution in [0.15, 0.2) is 42.5 Å². The molecule has 2 aromatic rings. The van der Waals surface area contributed by atoms with E-state index in [1.807, 2.05) is 12.1 Å². The molecule has 3 atom stereocenters. The molecule has 2 aromatic carbocycles. The Balaban J connectivity index is 1.51. The predicted octanol–water partition coefficient (Wildman–Crippen LogP) is 2.79. The van der Waals surface area contributed by atoms with Crippen LogP contribution in [0, 0.1) is 5.82 Å². The van der Waals surface area contributed by atoms with Gasteiger partial charge in [0.05, 0.1) is 6.42 Å². The quantitative estimate of drug-likeness (QED) is 0.631. The normalized spacial score (nSPS) is 20.1. The minimum Gasteiger partial charge on any atom is -0.490 e. The lowest BCUT2D eigenvalue weighted by atomic mass is 10.1. The van der Waals surface area contributed by atoms with Gasteiger partial charge in [0, 0.05) is 42.2 Å². The van der Waals surface area contributed by atoms with Crippen LogP contribution >= 0.6 is 11.6 Å². The number of nitrogens with zero attached hydrogens (tertiary/aromatic N) is 1. The SMILES string of the molecule is C[C@H]1C[C@H](Oc2ccc(Cl)cc2)CN1C[C@H](O)COc1cc(F)ccc1CC(N)=O. The molecular weight excluding hydrogens is 411 g/mol. The maximum absolute atomic E-state index is 13.5. The van der Waals surface area contributed by atoms with Gasteiger partial charge in [0.25, 0.3) is 0 Å². The molecule has 1 aliphatic heterocycles. The summed E-state index contributed by atoms with van der Waals surface area (Å²) in [4.78, 5) is 13.3. The number of primary amides is 1. The van der Waals surface area contributed by atoms with Crippen LogP contribution in [0.4, 0.5) is 4.39 Å². The van der Waals surface area contributed by atoms with E-state index in [4.69, 9.17) is 26.8 Å². The van der Waals surface area contributed by atoms with E-state index < -0.39 is 17.8 Å². The van der Waals surface area contributed by atoms with Gasteiger partial charge in [-0.05, 0) is 37.3 Å². The molecule has 8 heteroatoms. The topological polar surface area (TPSA) is 85.0 Å². The van der Waals surface area contributed by atoms with Crippen LogP contribution in [-0.4, -0.2) is 53.9 Å². The molecule has 0 aliphatic carbocycles. The number of aliphatic hydroxyl groups excluding tert-OH is 1. The third-order valence-corrected chi connectivity index (χ3v) is 5.30. The molecule has 0 unspecified atom stereocenters. The van der Waals surface area contributed by atoms with Crippen molar-refractivity contribution in [2.45, 2.75) is 38.0 Å². The fourth-order valence-corrected chi connectivity index (χ4v) is 3.72. The molecule has 0 bridgehead atoms. The van der Waals surface area contributed by atoms with Crippen molar-refractivity contribution in [3.8, 4) is 11.5 Å². The molecular formula is C22H26ClFN2O4. The summed E-state index contributed by atoms with van der Waals surface area (Å²) in [5.74, 6) is -0.0469. The van der Waals surface area contributed by atoms with Crippen molar-refractivity contribution in [3.05, 3.63) is 58.9 Å². The maximum Gasteiger partial charge on any atom is 0.221 e. The minimum absolute atomic E-state index is 0.0136. The number of ether oxygens (including phenoxy) is 2. The van der Waals surface area contributed by atoms with Crippen LogP contribution in [0.1, 0.15) is 18.9 Å². The molecule has 1 amide bonds. The Kier molecular flexibility index (Phi) is 7.53. The third kappa shape index (κ3) is 6.32. The zero-order valence-electron chi connectivity index (χ0n) is 16.8.